The van der Waals surface area contributed by atoms with Crippen molar-refractivity contribution in [1.29, 1.82) is 0 Å². The molecule has 2 N–H and O–H groups in total. The Morgan fingerprint density at radius 2 is 1.95 bits per heavy atom. The first-order chi connectivity index (χ1) is 8.93. The van der Waals surface area contributed by atoms with Crippen molar-refractivity contribution in [3.8, 4) is 0 Å². The van der Waals surface area contributed by atoms with Crippen molar-refractivity contribution in [3.63, 3.8) is 0 Å². The first kappa shape index (κ1) is 16.1. The van der Waals surface area contributed by atoms with Crippen LogP contribution in [0.2, 0.25) is 0 Å². The van der Waals surface area contributed by atoms with Crippen LogP contribution in [0.15, 0.2) is 24.5 Å². The van der Waals surface area contributed by atoms with Gasteiger partial charge in [-0.05, 0) is 36.5 Å². The average Bonchev–Trinajstić information content (AvgIpc) is 2.36. The first-order valence-electron chi connectivity index (χ1n) is 6.42. The van der Waals surface area contributed by atoms with E-state index >= 15 is 0 Å². The molecule has 108 valence electrons. The average molecular weight is 286 g/mol. The van der Waals surface area contributed by atoms with E-state index in [0.717, 1.165) is 5.56 Å². The van der Waals surface area contributed by atoms with Crippen molar-refractivity contribution >= 4 is 10.0 Å². The number of aryl methyl sites for hydroxylation is 1. The fraction of sp³-hybridized carbons (Fsp3) is 0.615. The van der Waals surface area contributed by atoms with Crippen LogP contribution in [0.3, 0.4) is 0 Å². The minimum atomic E-state index is -3.37. The van der Waals surface area contributed by atoms with Gasteiger partial charge in [-0.15, -0.1) is 0 Å². The second-order valence-electron chi connectivity index (χ2n) is 5.05. The van der Waals surface area contributed by atoms with Crippen LogP contribution in [-0.2, 0) is 16.4 Å². The van der Waals surface area contributed by atoms with Gasteiger partial charge in [0.2, 0.25) is 10.0 Å². The van der Waals surface area contributed by atoms with Crippen molar-refractivity contribution in [3.05, 3.63) is 30.1 Å². The summed E-state index contributed by atoms with van der Waals surface area (Å²) in [4.78, 5) is 3.89. The lowest BCUT2D eigenvalue weighted by Crippen LogP contribution is -2.40. The molecular weight excluding hydrogens is 264 g/mol. The standard InChI is InChI=1S/C13H22N2O3S/c1-11(2)9-13(10-16)15-19(17,18)8-5-12-3-6-14-7-4-12/h3-4,6-7,11,13,15-16H,5,8-10H2,1-2H3. The van der Waals surface area contributed by atoms with E-state index in [1.54, 1.807) is 24.5 Å². The molecule has 6 heteroatoms. The molecule has 0 fully saturated rings. The van der Waals surface area contributed by atoms with Gasteiger partial charge in [0.15, 0.2) is 0 Å². The number of nitrogens with one attached hydrogen (secondary N) is 1. The maximum absolute atomic E-state index is 11.9. The molecule has 0 aromatic carbocycles. The number of aliphatic hydroxyl groups excluding tert-OH is 1. The third-order valence-corrected chi connectivity index (χ3v) is 4.17. The van der Waals surface area contributed by atoms with Gasteiger partial charge >= 0.3 is 0 Å². The first-order valence-corrected chi connectivity index (χ1v) is 8.08. The van der Waals surface area contributed by atoms with E-state index in [1.165, 1.54) is 0 Å². The maximum atomic E-state index is 11.9. The molecule has 1 atom stereocenters. The Balaban J connectivity index is 2.51. The third-order valence-electron chi connectivity index (χ3n) is 2.73. The zero-order chi connectivity index (χ0) is 14.3. The maximum Gasteiger partial charge on any atom is 0.212 e. The van der Waals surface area contributed by atoms with Gasteiger partial charge in [0, 0.05) is 18.4 Å². The number of aromatic nitrogens is 1. The summed E-state index contributed by atoms with van der Waals surface area (Å²) in [6.07, 6.45) is 4.36. The molecule has 0 aliphatic carbocycles. The zero-order valence-corrected chi connectivity index (χ0v) is 12.2. The largest absolute Gasteiger partial charge is 0.395 e. The Hall–Kier alpha value is -0.980. The summed E-state index contributed by atoms with van der Waals surface area (Å²) in [5, 5.41) is 9.19. The number of rotatable bonds is 8. The summed E-state index contributed by atoms with van der Waals surface area (Å²) < 4.78 is 26.4. The van der Waals surface area contributed by atoms with Crippen molar-refractivity contribution < 1.29 is 13.5 Å². The van der Waals surface area contributed by atoms with E-state index in [1.807, 2.05) is 13.8 Å². The molecule has 0 aliphatic rings. The highest BCUT2D eigenvalue weighted by molar-refractivity contribution is 7.89. The molecule has 0 amide bonds. The van der Waals surface area contributed by atoms with Crippen LogP contribution in [0.1, 0.15) is 25.8 Å². The minimum absolute atomic E-state index is 0.0195. The number of hydrogen-bond donors (Lipinski definition) is 2. The van der Waals surface area contributed by atoms with E-state index in [2.05, 4.69) is 9.71 Å². The Morgan fingerprint density at radius 1 is 1.32 bits per heavy atom. The second-order valence-corrected chi connectivity index (χ2v) is 6.92. The highest BCUT2D eigenvalue weighted by Gasteiger charge is 2.18. The topological polar surface area (TPSA) is 79.3 Å². The van der Waals surface area contributed by atoms with Crippen LogP contribution in [0.4, 0.5) is 0 Å². The predicted molar refractivity (Wildman–Crippen MR) is 75.2 cm³/mol. The molecule has 1 aromatic rings. The lowest BCUT2D eigenvalue weighted by molar-refractivity contribution is 0.240. The van der Waals surface area contributed by atoms with E-state index in [9.17, 15) is 13.5 Å². The molecule has 0 saturated heterocycles. The van der Waals surface area contributed by atoms with Gasteiger partial charge in [0.1, 0.15) is 0 Å². The van der Waals surface area contributed by atoms with Crippen LogP contribution in [0, 0.1) is 5.92 Å². The van der Waals surface area contributed by atoms with E-state index in [0.29, 0.717) is 18.8 Å². The van der Waals surface area contributed by atoms with Gasteiger partial charge < -0.3 is 5.11 Å². The number of nitrogens with zero attached hydrogens (tertiary/aromatic N) is 1. The molecule has 1 rings (SSSR count). The summed E-state index contributed by atoms with van der Waals surface area (Å²) in [5.74, 6) is 0.353. The van der Waals surface area contributed by atoms with Crippen LogP contribution in [0.5, 0.6) is 0 Å². The molecule has 19 heavy (non-hydrogen) atoms. The van der Waals surface area contributed by atoms with Crippen LogP contribution in [-0.4, -0.2) is 36.9 Å². The van der Waals surface area contributed by atoms with Crippen molar-refractivity contribution in [2.24, 2.45) is 5.92 Å². The van der Waals surface area contributed by atoms with E-state index in [4.69, 9.17) is 0 Å². The van der Waals surface area contributed by atoms with E-state index in [-0.39, 0.29) is 12.4 Å². The molecule has 5 nitrogen and oxygen atoms in total. The molecule has 0 spiro atoms. The highest BCUT2D eigenvalue weighted by Crippen LogP contribution is 2.06. The lowest BCUT2D eigenvalue weighted by atomic mass is 10.1. The molecule has 1 heterocycles. The van der Waals surface area contributed by atoms with Gasteiger partial charge in [0.05, 0.1) is 12.4 Å². The SMILES string of the molecule is CC(C)CC(CO)NS(=O)(=O)CCc1ccncc1. The Kier molecular flexibility index (Phi) is 6.41. The minimum Gasteiger partial charge on any atom is -0.395 e. The van der Waals surface area contributed by atoms with Crippen LogP contribution in [0.25, 0.3) is 0 Å². The molecule has 0 bridgehead atoms. The summed E-state index contributed by atoms with van der Waals surface area (Å²) in [6.45, 7) is 3.81. The van der Waals surface area contributed by atoms with Gasteiger partial charge in [-0.25, -0.2) is 13.1 Å². The molecule has 1 aromatic heterocycles. The second kappa shape index (κ2) is 7.57. The fourth-order valence-corrected chi connectivity index (χ4v) is 3.14. The third kappa shape index (κ3) is 6.66. The van der Waals surface area contributed by atoms with Gasteiger partial charge in [-0.1, -0.05) is 13.8 Å². The van der Waals surface area contributed by atoms with Crippen molar-refractivity contribution in [2.75, 3.05) is 12.4 Å². The number of pyridine rings is 1. The Labute approximate surface area is 115 Å². The Morgan fingerprint density at radius 3 is 2.47 bits per heavy atom. The quantitative estimate of drug-likeness (QED) is 0.746. The van der Waals surface area contributed by atoms with Crippen molar-refractivity contribution in [1.82, 2.24) is 9.71 Å². The summed E-state index contributed by atoms with van der Waals surface area (Å²) in [6, 6.07) is 3.20. The summed E-state index contributed by atoms with van der Waals surface area (Å²) >= 11 is 0. The van der Waals surface area contributed by atoms with Gasteiger partial charge in [-0.3, -0.25) is 4.98 Å². The monoisotopic (exact) mass is 286 g/mol. The lowest BCUT2D eigenvalue weighted by Gasteiger charge is -2.18. The fourth-order valence-electron chi connectivity index (χ4n) is 1.84. The van der Waals surface area contributed by atoms with E-state index < -0.39 is 16.1 Å². The molecular formula is C13H22N2O3S. The van der Waals surface area contributed by atoms with Gasteiger partial charge in [-0.2, -0.15) is 0 Å². The number of aliphatic hydroxyl groups is 1. The predicted octanol–water partition coefficient (Wildman–Crippen LogP) is 0.950. The molecule has 1 unspecified atom stereocenters. The Bertz CT molecular complexity index is 460. The zero-order valence-electron chi connectivity index (χ0n) is 11.4. The number of hydrogen-bond acceptors (Lipinski definition) is 4. The highest BCUT2D eigenvalue weighted by atomic mass is 32.2. The van der Waals surface area contributed by atoms with Gasteiger partial charge in [0.25, 0.3) is 0 Å². The molecule has 0 aliphatic heterocycles. The molecule has 0 radical (unpaired) electrons. The number of sulfonamides is 1. The summed E-state index contributed by atoms with van der Waals surface area (Å²) in [5.41, 5.74) is 0.935. The van der Waals surface area contributed by atoms with Crippen LogP contribution < -0.4 is 4.72 Å². The summed E-state index contributed by atoms with van der Waals surface area (Å²) in [7, 11) is -3.37. The molecule has 0 saturated carbocycles. The van der Waals surface area contributed by atoms with Crippen molar-refractivity contribution in [2.45, 2.75) is 32.7 Å². The smallest absolute Gasteiger partial charge is 0.212 e. The normalized spacial score (nSPS) is 13.7. The van der Waals surface area contributed by atoms with Crippen LogP contribution >= 0.6 is 0 Å².